The molecule has 3 rings (SSSR count). The number of hydrogen-bond acceptors (Lipinski definition) is 12. The van der Waals surface area contributed by atoms with Crippen molar-refractivity contribution in [2.75, 3.05) is 37.4 Å². The van der Waals surface area contributed by atoms with Gasteiger partial charge in [0.1, 0.15) is 30.4 Å². The molecule has 0 saturated heterocycles. The van der Waals surface area contributed by atoms with Gasteiger partial charge in [0.2, 0.25) is 0 Å². The number of nitrogens with zero attached hydrogens (tertiary/aromatic N) is 6. The molecule has 0 saturated carbocycles. The number of nitrogens with two attached hydrogens (primary N) is 2. The van der Waals surface area contributed by atoms with E-state index in [0.29, 0.717) is 17.7 Å². The first-order chi connectivity index (χ1) is 16.8. The quantitative estimate of drug-likeness (QED) is 0.0990. The summed E-state index contributed by atoms with van der Waals surface area (Å²) >= 11 is 0. The number of ether oxygens (including phenoxy) is 2. The third-order valence-corrected chi connectivity index (χ3v) is 5.15. The summed E-state index contributed by atoms with van der Waals surface area (Å²) in [6.07, 6.45) is 1.86. The monoisotopic (exact) mass is 552 g/mol. The van der Waals surface area contributed by atoms with Gasteiger partial charge in [0.25, 0.3) is 0 Å². The molecule has 0 bridgehead atoms. The maximum atomic E-state index is 11.4. The van der Waals surface area contributed by atoms with E-state index < -0.39 is 46.3 Å². The van der Waals surface area contributed by atoms with Gasteiger partial charge in [-0.15, -0.1) is 0 Å². The van der Waals surface area contributed by atoms with Crippen molar-refractivity contribution in [2.24, 2.45) is 0 Å². The van der Waals surface area contributed by atoms with E-state index in [1.807, 2.05) is 0 Å². The van der Waals surface area contributed by atoms with Crippen LogP contribution in [0, 0.1) is 0 Å². The molecule has 0 radical (unpaired) electrons. The van der Waals surface area contributed by atoms with Crippen LogP contribution >= 0.6 is 15.2 Å². The number of aliphatic hydroxyl groups excluding tert-OH is 1. The molecule has 36 heavy (non-hydrogen) atoms. The number of aliphatic hydroxyl groups is 1. The zero-order valence-corrected chi connectivity index (χ0v) is 20.4. The molecule has 0 spiro atoms. The Bertz CT molecular complexity index is 1290. The van der Waals surface area contributed by atoms with Crippen molar-refractivity contribution in [3.05, 3.63) is 35.4 Å². The van der Waals surface area contributed by atoms with Crippen LogP contribution in [0.3, 0.4) is 0 Å². The third-order valence-electron chi connectivity index (χ3n) is 4.14. The van der Waals surface area contributed by atoms with Crippen LogP contribution in [0.15, 0.2) is 29.7 Å². The van der Waals surface area contributed by atoms with Gasteiger partial charge in [0.15, 0.2) is 11.5 Å². The Balaban J connectivity index is 0.000000254. The average molecular weight is 552 g/mol. The van der Waals surface area contributed by atoms with Crippen molar-refractivity contribution >= 4 is 38.0 Å². The van der Waals surface area contributed by atoms with E-state index in [2.05, 4.69) is 19.9 Å². The second-order valence-electron chi connectivity index (χ2n) is 7.12. The zero-order valence-electron chi connectivity index (χ0n) is 18.6. The van der Waals surface area contributed by atoms with Gasteiger partial charge < -0.3 is 50.2 Å². The maximum Gasteiger partial charge on any atom is 0.350 e. The van der Waals surface area contributed by atoms with Gasteiger partial charge in [-0.2, -0.15) is 4.98 Å². The molecule has 0 aliphatic carbocycles. The predicted molar refractivity (Wildman–Crippen MR) is 124 cm³/mol. The second-order valence-corrected chi connectivity index (χ2v) is 10.3. The molecule has 1 atom stereocenters. The van der Waals surface area contributed by atoms with Gasteiger partial charge in [-0.1, -0.05) is 0 Å². The van der Waals surface area contributed by atoms with Crippen LogP contribution in [0.2, 0.25) is 0 Å². The molecular formula is C16H26N8O10P2. The van der Waals surface area contributed by atoms with Crippen molar-refractivity contribution in [1.29, 1.82) is 0 Å². The molecule has 9 N–H and O–H groups in total. The van der Waals surface area contributed by atoms with E-state index in [4.69, 9.17) is 45.6 Å². The Hall–Kier alpha value is -2.79. The van der Waals surface area contributed by atoms with Gasteiger partial charge in [0, 0.05) is 12.7 Å². The fourth-order valence-electron chi connectivity index (χ4n) is 2.57. The highest BCUT2D eigenvalue weighted by atomic mass is 31.2. The van der Waals surface area contributed by atoms with Crippen LogP contribution in [-0.2, 0) is 31.7 Å². The van der Waals surface area contributed by atoms with E-state index in [-0.39, 0.29) is 24.8 Å². The number of rotatable bonds is 11. The standard InChI is InChI=1S/C8H12N5O4P.C8H14N3O6P/c9-7-6-8(11-3-10-7)13(4-12-6)1-2-17-5-18(14,15)16;9-7-1-2-11(8(13)10-7)3-6(4-12)17-5-18(14,15)16/h3-4H,1-2,5H2,(H2,9,10,11)(H2,14,15,16);1-2,6,12H,3-5H2,(H2,9,10,13)(H2,14,15,16). The SMILES string of the molecule is Nc1ccn(CC(CO)OCP(=O)(O)O)c(=O)n1.Nc1ncnc2c1ncn2CCOCP(=O)(O)O. The first-order valence-corrected chi connectivity index (χ1v) is 13.5. The largest absolute Gasteiger partial charge is 0.394 e. The molecule has 0 aromatic carbocycles. The minimum Gasteiger partial charge on any atom is -0.394 e. The van der Waals surface area contributed by atoms with Crippen molar-refractivity contribution in [2.45, 2.75) is 19.2 Å². The highest BCUT2D eigenvalue weighted by molar-refractivity contribution is 7.51. The molecule has 200 valence electrons. The minimum absolute atomic E-state index is 0.0629. The summed E-state index contributed by atoms with van der Waals surface area (Å²) < 4.78 is 33.6. The summed E-state index contributed by atoms with van der Waals surface area (Å²) in [4.78, 5) is 61.2. The van der Waals surface area contributed by atoms with Gasteiger partial charge in [-0.3, -0.25) is 13.7 Å². The number of hydrogen-bond donors (Lipinski definition) is 7. The van der Waals surface area contributed by atoms with E-state index >= 15 is 0 Å². The summed E-state index contributed by atoms with van der Waals surface area (Å²) in [5.74, 6) is 0.350. The van der Waals surface area contributed by atoms with Crippen molar-refractivity contribution < 1.29 is 43.3 Å². The summed E-state index contributed by atoms with van der Waals surface area (Å²) in [5.41, 5.74) is 11.3. The number of anilines is 2. The van der Waals surface area contributed by atoms with Crippen LogP contribution in [0.4, 0.5) is 11.6 Å². The Labute approximate surface area is 202 Å². The molecule has 20 heteroatoms. The highest BCUT2D eigenvalue weighted by Crippen LogP contribution is 2.34. The molecule has 18 nitrogen and oxygen atoms in total. The van der Waals surface area contributed by atoms with Crippen molar-refractivity contribution in [1.82, 2.24) is 29.1 Å². The first kappa shape index (κ1) is 29.4. The molecule has 3 heterocycles. The van der Waals surface area contributed by atoms with E-state index in [0.717, 1.165) is 4.57 Å². The Kier molecular flexibility index (Phi) is 10.6. The third kappa shape index (κ3) is 10.1. The zero-order chi connectivity index (χ0) is 26.9. The average Bonchev–Trinajstić information content (AvgIpc) is 3.19. The first-order valence-electron chi connectivity index (χ1n) is 9.92. The molecule has 0 aliphatic rings. The lowest BCUT2D eigenvalue weighted by Gasteiger charge is -2.16. The van der Waals surface area contributed by atoms with Gasteiger partial charge in [-0.25, -0.2) is 19.7 Å². The normalized spacial score (nSPS) is 12.8. The Morgan fingerprint density at radius 1 is 1.03 bits per heavy atom. The van der Waals surface area contributed by atoms with Crippen LogP contribution < -0.4 is 17.2 Å². The van der Waals surface area contributed by atoms with Crippen LogP contribution in [-0.4, -0.2) is 85.8 Å². The molecule has 3 aromatic heterocycles. The molecule has 3 aromatic rings. The Morgan fingerprint density at radius 2 is 1.72 bits per heavy atom. The molecule has 0 fully saturated rings. The minimum atomic E-state index is -4.31. The number of imidazole rings is 1. The van der Waals surface area contributed by atoms with E-state index in [1.54, 1.807) is 4.57 Å². The van der Waals surface area contributed by atoms with E-state index in [1.165, 1.54) is 24.9 Å². The molecule has 0 amide bonds. The fourth-order valence-corrected chi connectivity index (χ4v) is 3.35. The van der Waals surface area contributed by atoms with Crippen LogP contribution in [0.1, 0.15) is 0 Å². The number of nitrogen functional groups attached to an aromatic ring is 2. The second kappa shape index (κ2) is 13.0. The number of fused-ring (bicyclic) bond motifs is 1. The number of aromatic nitrogens is 6. The van der Waals surface area contributed by atoms with Crippen LogP contribution in [0.5, 0.6) is 0 Å². The summed E-state index contributed by atoms with van der Waals surface area (Å²) in [7, 11) is -8.43. The van der Waals surface area contributed by atoms with Crippen molar-refractivity contribution in [3.63, 3.8) is 0 Å². The fraction of sp³-hybridized carbons (Fsp3) is 0.438. The summed E-state index contributed by atoms with van der Waals surface area (Å²) in [6, 6.07) is 1.39. The highest BCUT2D eigenvalue weighted by Gasteiger charge is 2.18. The van der Waals surface area contributed by atoms with Gasteiger partial charge in [0.05, 0.1) is 32.2 Å². The lowest BCUT2D eigenvalue weighted by molar-refractivity contribution is 0.0188. The molecule has 0 aliphatic heterocycles. The van der Waals surface area contributed by atoms with Crippen LogP contribution in [0.25, 0.3) is 11.2 Å². The lowest BCUT2D eigenvalue weighted by atomic mass is 10.3. The van der Waals surface area contributed by atoms with Gasteiger partial charge in [-0.05, 0) is 6.07 Å². The predicted octanol–water partition coefficient (Wildman–Crippen LogP) is -2.10. The molecular weight excluding hydrogens is 526 g/mol. The Morgan fingerprint density at radius 3 is 2.33 bits per heavy atom. The topological polar surface area (TPSA) is 284 Å². The summed E-state index contributed by atoms with van der Waals surface area (Å²) in [5, 5.41) is 8.99. The lowest BCUT2D eigenvalue weighted by Crippen LogP contribution is -2.32. The smallest absolute Gasteiger partial charge is 0.350 e. The van der Waals surface area contributed by atoms with E-state index in [9.17, 15) is 13.9 Å². The molecule has 1 unspecified atom stereocenters. The maximum absolute atomic E-state index is 11.4. The van der Waals surface area contributed by atoms with Gasteiger partial charge >= 0.3 is 20.9 Å². The van der Waals surface area contributed by atoms with Crippen molar-refractivity contribution in [3.8, 4) is 0 Å². The summed E-state index contributed by atoms with van der Waals surface area (Å²) in [6.45, 7) is -0.0626.